The summed E-state index contributed by atoms with van der Waals surface area (Å²) in [6, 6.07) is 0. The van der Waals surface area contributed by atoms with Crippen molar-refractivity contribution in [2.45, 2.75) is 13.8 Å². The van der Waals surface area contributed by atoms with Gasteiger partial charge in [0.05, 0.1) is 10.6 Å². The largest absolute Gasteiger partial charge is 0.375 e. The van der Waals surface area contributed by atoms with E-state index in [1.165, 1.54) is 11.3 Å². The molecule has 0 aliphatic carbocycles. The molecule has 0 bridgehead atoms. The fourth-order valence-electron chi connectivity index (χ4n) is 0.813. The zero-order valence-corrected chi connectivity index (χ0v) is 6.96. The molecule has 0 fully saturated rings. The molecule has 0 saturated heterocycles. The second-order valence-corrected chi connectivity index (χ2v) is 3.28. The molecule has 1 heterocycles. The van der Waals surface area contributed by atoms with Crippen molar-refractivity contribution in [3.05, 3.63) is 17.2 Å². The maximum Gasteiger partial charge on any atom is 0.180 e. The zero-order valence-electron chi connectivity index (χ0n) is 6.14. The molecular weight excluding hydrogens is 144 g/mol. The fourth-order valence-corrected chi connectivity index (χ4v) is 1.57. The van der Waals surface area contributed by atoms with Crippen LogP contribution in [0, 0.1) is 6.92 Å². The predicted octanol–water partition coefficient (Wildman–Crippen LogP) is 2.07. The molecule has 0 atom stereocenters. The Labute approximate surface area is 64.4 Å². The average Bonchev–Trinajstić information content (AvgIpc) is 2.10. The Morgan fingerprint density at radius 3 is 2.50 bits per heavy atom. The van der Waals surface area contributed by atoms with Crippen molar-refractivity contribution in [3.8, 4) is 0 Å². The topological polar surface area (TPSA) is 38.9 Å². The second kappa shape index (κ2) is 2.42. The van der Waals surface area contributed by atoms with Crippen LogP contribution >= 0.6 is 11.3 Å². The molecule has 1 aromatic heterocycles. The van der Waals surface area contributed by atoms with Crippen LogP contribution in [0.1, 0.15) is 17.5 Å². The Kier molecular flexibility index (Phi) is 1.76. The quantitative estimate of drug-likeness (QED) is 0.672. The number of nitrogens with two attached hydrogens (primary N) is 1. The van der Waals surface area contributed by atoms with Gasteiger partial charge in [-0.2, -0.15) is 0 Å². The van der Waals surface area contributed by atoms with Gasteiger partial charge in [0.15, 0.2) is 5.13 Å². The van der Waals surface area contributed by atoms with E-state index in [2.05, 4.69) is 11.6 Å². The lowest BCUT2D eigenvalue weighted by Crippen LogP contribution is -1.81. The van der Waals surface area contributed by atoms with E-state index in [4.69, 9.17) is 5.73 Å². The summed E-state index contributed by atoms with van der Waals surface area (Å²) in [4.78, 5) is 5.18. The van der Waals surface area contributed by atoms with E-state index >= 15 is 0 Å². The van der Waals surface area contributed by atoms with Gasteiger partial charge in [-0.3, -0.25) is 0 Å². The second-order valence-electron chi connectivity index (χ2n) is 2.25. The number of thiazole rings is 1. The van der Waals surface area contributed by atoms with Crippen LogP contribution in [-0.4, -0.2) is 4.98 Å². The van der Waals surface area contributed by atoms with Crippen LogP contribution in [0.2, 0.25) is 0 Å². The molecular formula is C7H10N2S. The lowest BCUT2D eigenvalue weighted by Gasteiger charge is -1.91. The minimum Gasteiger partial charge on any atom is -0.375 e. The fraction of sp³-hybridized carbons (Fsp3) is 0.286. The van der Waals surface area contributed by atoms with Gasteiger partial charge in [-0.25, -0.2) is 4.98 Å². The van der Waals surface area contributed by atoms with E-state index in [0.717, 1.165) is 16.1 Å². The molecule has 0 radical (unpaired) electrons. The molecule has 1 rings (SSSR count). The minimum absolute atomic E-state index is 0.621. The number of hydrogen-bond acceptors (Lipinski definition) is 3. The Morgan fingerprint density at radius 2 is 2.30 bits per heavy atom. The highest BCUT2D eigenvalue weighted by atomic mass is 32.1. The standard InChI is InChI=1S/C7H10N2S/c1-4(2)6-5(3)9-7(8)10-6/h1H2,2-3H3,(H2,8,9). The van der Waals surface area contributed by atoms with Crippen LogP contribution in [0.3, 0.4) is 0 Å². The van der Waals surface area contributed by atoms with E-state index < -0.39 is 0 Å². The molecule has 2 nitrogen and oxygen atoms in total. The number of nitrogen functional groups attached to an aromatic ring is 1. The van der Waals surface area contributed by atoms with Crippen LogP contribution in [0.5, 0.6) is 0 Å². The van der Waals surface area contributed by atoms with Crippen LogP contribution in [0.15, 0.2) is 6.58 Å². The van der Waals surface area contributed by atoms with Gasteiger partial charge in [-0.05, 0) is 19.4 Å². The monoisotopic (exact) mass is 154 g/mol. The molecule has 0 spiro atoms. The first-order valence-electron chi connectivity index (χ1n) is 3.00. The number of rotatable bonds is 1. The molecule has 0 aliphatic heterocycles. The summed E-state index contributed by atoms with van der Waals surface area (Å²) in [7, 11) is 0. The third-order valence-electron chi connectivity index (χ3n) is 1.20. The molecule has 0 amide bonds. The summed E-state index contributed by atoms with van der Waals surface area (Å²) < 4.78 is 0. The van der Waals surface area contributed by atoms with E-state index in [-0.39, 0.29) is 0 Å². The Morgan fingerprint density at radius 1 is 1.70 bits per heavy atom. The van der Waals surface area contributed by atoms with Crippen LogP contribution in [-0.2, 0) is 0 Å². The molecule has 0 unspecified atom stereocenters. The van der Waals surface area contributed by atoms with Crippen molar-refractivity contribution in [2.24, 2.45) is 0 Å². The van der Waals surface area contributed by atoms with Gasteiger partial charge in [-0.15, -0.1) is 0 Å². The molecule has 0 saturated carbocycles. The van der Waals surface area contributed by atoms with E-state index in [1.54, 1.807) is 0 Å². The first-order chi connectivity index (χ1) is 4.61. The lowest BCUT2D eigenvalue weighted by atomic mass is 10.2. The highest BCUT2D eigenvalue weighted by Gasteiger charge is 2.03. The minimum atomic E-state index is 0.621. The Balaban J connectivity index is 3.15. The number of nitrogens with zero attached hydrogens (tertiary/aromatic N) is 1. The van der Waals surface area contributed by atoms with Gasteiger partial charge < -0.3 is 5.73 Å². The number of aryl methyl sites for hydroxylation is 1. The van der Waals surface area contributed by atoms with E-state index in [1.807, 2.05) is 13.8 Å². The first kappa shape index (κ1) is 7.28. The van der Waals surface area contributed by atoms with E-state index in [0.29, 0.717) is 5.13 Å². The van der Waals surface area contributed by atoms with Gasteiger partial charge in [0, 0.05) is 0 Å². The Bertz CT molecular complexity index is 263. The van der Waals surface area contributed by atoms with Gasteiger partial charge in [-0.1, -0.05) is 17.9 Å². The summed E-state index contributed by atoms with van der Waals surface area (Å²) in [6.45, 7) is 7.71. The van der Waals surface area contributed by atoms with Gasteiger partial charge in [0.25, 0.3) is 0 Å². The molecule has 0 aliphatic rings. The number of hydrogen-bond donors (Lipinski definition) is 1. The van der Waals surface area contributed by atoms with Crippen LogP contribution in [0.4, 0.5) is 5.13 Å². The zero-order chi connectivity index (χ0) is 7.72. The number of aromatic nitrogens is 1. The van der Waals surface area contributed by atoms with Crippen LogP contribution in [0.25, 0.3) is 5.57 Å². The van der Waals surface area contributed by atoms with Crippen molar-refractivity contribution in [3.63, 3.8) is 0 Å². The SMILES string of the molecule is C=C(C)c1sc(N)nc1C. The third-order valence-corrected chi connectivity index (χ3v) is 2.35. The normalized spacial score (nSPS) is 9.80. The Hall–Kier alpha value is -0.830. The highest BCUT2D eigenvalue weighted by Crippen LogP contribution is 2.25. The summed E-state index contributed by atoms with van der Waals surface area (Å²) in [5.74, 6) is 0. The van der Waals surface area contributed by atoms with E-state index in [9.17, 15) is 0 Å². The van der Waals surface area contributed by atoms with Crippen molar-refractivity contribution in [2.75, 3.05) is 5.73 Å². The van der Waals surface area contributed by atoms with Gasteiger partial charge in [0.2, 0.25) is 0 Å². The predicted molar refractivity (Wildman–Crippen MR) is 46.0 cm³/mol. The third kappa shape index (κ3) is 1.19. The molecule has 10 heavy (non-hydrogen) atoms. The molecule has 2 N–H and O–H groups in total. The lowest BCUT2D eigenvalue weighted by molar-refractivity contribution is 1.26. The average molecular weight is 154 g/mol. The first-order valence-corrected chi connectivity index (χ1v) is 3.81. The summed E-state index contributed by atoms with van der Waals surface area (Å²) in [6.07, 6.45) is 0. The summed E-state index contributed by atoms with van der Waals surface area (Å²) >= 11 is 1.49. The molecule has 1 aromatic rings. The maximum absolute atomic E-state index is 5.48. The van der Waals surface area contributed by atoms with Gasteiger partial charge >= 0.3 is 0 Å². The molecule has 3 heteroatoms. The van der Waals surface area contributed by atoms with Crippen molar-refractivity contribution in [1.82, 2.24) is 4.98 Å². The van der Waals surface area contributed by atoms with Crippen molar-refractivity contribution < 1.29 is 0 Å². The summed E-state index contributed by atoms with van der Waals surface area (Å²) in [5.41, 5.74) is 7.50. The van der Waals surface area contributed by atoms with Crippen LogP contribution < -0.4 is 5.73 Å². The van der Waals surface area contributed by atoms with Gasteiger partial charge in [0.1, 0.15) is 0 Å². The summed E-state index contributed by atoms with van der Waals surface area (Å²) in [5, 5.41) is 0.621. The number of allylic oxidation sites excluding steroid dienone is 1. The highest BCUT2D eigenvalue weighted by molar-refractivity contribution is 7.16. The maximum atomic E-state index is 5.48. The van der Waals surface area contributed by atoms with Crippen molar-refractivity contribution in [1.29, 1.82) is 0 Å². The van der Waals surface area contributed by atoms with Crippen molar-refractivity contribution >= 4 is 22.0 Å². The number of anilines is 1. The molecule has 54 valence electrons. The molecule has 0 aromatic carbocycles. The smallest absolute Gasteiger partial charge is 0.180 e.